The van der Waals surface area contributed by atoms with E-state index in [0.717, 1.165) is 114 Å². The number of phosphoric ester groups is 2. The van der Waals surface area contributed by atoms with E-state index in [9.17, 15) is 43.2 Å². The molecule has 0 saturated carbocycles. The van der Waals surface area contributed by atoms with E-state index in [1.165, 1.54) is 199 Å². The van der Waals surface area contributed by atoms with Crippen LogP contribution in [-0.4, -0.2) is 96.7 Å². The van der Waals surface area contributed by atoms with E-state index in [-0.39, 0.29) is 25.7 Å². The third-order valence-electron chi connectivity index (χ3n) is 18.1. The Labute approximate surface area is 594 Å². The van der Waals surface area contributed by atoms with E-state index in [1.54, 1.807) is 0 Å². The van der Waals surface area contributed by atoms with Gasteiger partial charge in [0.05, 0.1) is 26.4 Å². The van der Waals surface area contributed by atoms with Crippen molar-refractivity contribution in [1.29, 1.82) is 0 Å². The van der Waals surface area contributed by atoms with Gasteiger partial charge in [-0.25, -0.2) is 9.13 Å². The van der Waals surface area contributed by atoms with Gasteiger partial charge in [-0.2, -0.15) is 0 Å². The number of phosphoric acid groups is 2. The van der Waals surface area contributed by atoms with Crippen LogP contribution in [0.5, 0.6) is 0 Å². The Morgan fingerprint density at radius 3 is 0.639 bits per heavy atom. The second-order valence-electron chi connectivity index (χ2n) is 30.0. The Hall–Kier alpha value is -1.94. The highest BCUT2D eigenvalue weighted by atomic mass is 31.2. The molecule has 0 rings (SSSR count). The van der Waals surface area contributed by atoms with Crippen LogP contribution in [0.4, 0.5) is 0 Å². The van der Waals surface area contributed by atoms with Gasteiger partial charge in [-0.3, -0.25) is 37.3 Å². The van der Waals surface area contributed by atoms with Crippen molar-refractivity contribution in [2.24, 2.45) is 23.7 Å². The Morgan fingerprint density at radius 1 is 0.258 bits per heavy atom. The molecule has 0 fully saturated rings. The van der Waals surface area contributed by atoms with E-state index in [2.05, 4.69) is 55.4 Å². The second-order valence-corrected chi connectivity index (χ2v) is 32.9. The van der Waals surface area contributed by atoms with Crippen LogP contribution in [0, 0.1) is 23.7 Å². The Balaban J connectivity index is 5.26. The van der Waals surface area contributed by atoms with Gasteiger partial charge in [-0.1, -0.05) is 344 Å². The van der Waals surface area contributed by atoms with E-state index in [0.29, 0.717) is 25.7 Å². The Bertz CT molecular complexity index is 1900. The predicted molar refractivity (Wildman–Crippen MR) is 395 cm³/mol. The largest absolute Gasteiger partial charge is 0.472 e. The summed E-state index contributed by atoms with van der Waals surface area (Å²) in [5.74, 6) is 0.945. The van der Waals surface area contributed by atoms with Crippen molar-refractivity contribution in [3.63, 3.8) is 0 Å². The van der Waals surface area contributed by atoms with Gasteiger partial charge in [-0.05, 0) is 49.4 Å². The maximum atomic E-state index is 13.1. The van der Waals surface area contributed by atoms with Gasteiger partial charge in [0.15, 0.2) is 12.2 Å². The zero-order valence-corrected chi connectivity index (χ0v) is 65.5. The molecule has 0 aromatic heterocycles. The lowest BCUT2D eigenvalue weighted by Gasteiger charge is -2.21. The molecule has 0 amide bonds. The minimum absolute atomic E-state index is 0.105. The van der Waals surface area contributed by atoms with Crippen LogP contribution in [0.15, 0.2) is 0 Å². The number of esters is 4. The molecular weight excluding hydrogens is 1270 g/mol. The van der Waals surface area contributed by atoms with E-state index in [1.807, 2.05) is 0 Å². The van der Waals surface area contributed by atoms with Gasteiger partial charge in [0.2, 0.25) is 0 Å². The first-order valence-corrected chi connectivity index (χ1v) is 43.2. The van der Waals surface area contributed by atoms with Crippen LogP contribution in [0.1, 0.15) is 396 Å². The molecule has 0 aromatic rings. The Kier molecular flexibility index (Phi) is 65.9. The van der Waals surface area contributed by atoms with Crippen LogP contribution in [0.25, 0.3) is 0 Å². The van der Waals surface area contributed by atoms with E-state index < -0.39 is 97.5 Å². The molecule has 0 spiro atoms. The number of unbranched alkanes of at least 4 members (excludes halogenated alkanes) is 41. The lowest BCUT2D eigenvalue weighted by Crippen LogP contribution is -2.30. The second kappa shape index (κ2) is 67.2. The van der Waals surface area contributed by atoms with Gasteiger partial charge in [0, 0.05) is 25.7 Å². The number of carbonyl (C=O) groups is 4. The number of rotatable bonds is 75. The zero-order chi connectivity index (χ0) is 71.7. The van der Waals surface area contributed by atoms with Crippen molar-refractivity contribution >= 4 is 39.5 Å². The highest BCUT2D eigenvalue weighted by Gasteiger charge is 2.30. The number of ether oxygens (including phenoxy) is 4. The summed E-state index contributed by atoms with van der Waals surface area (Å²) in [7, 11) is -9.92. The quantitative estimate of drug-likeness (QED) is 0.0222. The molecule has 0 aliphatic rings. The minimum atomic E-state index is -4.96. The normalized spacial score (nSPS) is 14.1. The molecule has 0 saturated heterocycles. The van der Waals surface area contributed by atoms with Crippen molar-refractivity contribution in [2.75, 3.05) is 39.6 Å². The van der Waals surface area contributed by atoms with Crippen LogP contribution in [-0.2, 0) is 65.4 Å². The predicted octanol–water partition coefficient (Wildman–Crippen LogP) is 22.8. The fraction of sp³-hybridized carbons (Fsp3) is 0.949. The van der Waals surface area contributed by atoms with Crippen molar-refractivity contribution in [3.8, 4) is 0 Å². The SMILES string of the molecule is CC(C)CCCCCCCCCCCCCCCCCC(=O)O[C@H](COC(=O)CCCCCCCCCCCCCCC(C)C)COP(=O)(O)OCC(O)COP(=O)(O)OC[C@@H](COC(=O)CCCCCCCCCCC(C)C)OC(=O)CCCCCCCCCCCCC(C)C. The zero-order valence-electron chi connectivity index (χ0n) is 63.7. The van der Waals surface area contributed by atoms with Gasteiger partial charge in [0.1, 0.15) is 19.3 Å². The molecule has 0 aliphatic heterocycles. The number of hydrogen-bond acceptors (Lipinski definition) is 15. The van der Waals surface area contributed by atoms with E-state index in [4.69, 9.17) is 37.0 Å². The fourth-order valence-corrected chi connectivity index (χ4v) is 13.5. The summed E-state index contributed by atoms with van der Waals surface area (Å²) in [4.78, 5) is 72.9. The number of aliphatic hydroxyl groups excluding tert-OH is 1. The Morgan fingerprint density at radius 2 is 0.433 bits per heavy atom. The fourth-order valence-electron chi connectivity index (χ4n) is 11.9. The van der Waals surface area contributed by atoms with Gasteiger partial charge in [-0.15, -0.1) is 0 Å². The van der Waals surface area contributed by atoms with Crippen molar-refractivity contribution in [2.45, 2.75) is 414 Å². The molecule has 3 unspecified atom stereocenters. The molecule has 97 heavy (non-hydrogen) atoms. The molecule has 0 aliphatic carbocycles. The van der Waals surface area contributed by atoms with Gasteiger partial charge < -0.3 is 33.8 Å². The van der Waals surface area contributed by atoms with E-state index >= 15 is 0 Å². The monoisotopic (exact) mass is 1420 g/mol. The topological polar surface area (TPSA) is 237 Å². The first kappa shape index (κ1) is 95.1. The summed E-state index contributed by atoms with van der Waals surface area (Å²) in [5, 5.41) is 10.6. The lowest BCUT2D eigenvalue weighted by atomic mass is 10.0. The molecular formula is C78H152O17P2. The third-order valence-corrected chi connectivity index (χ3v) is 20.0. The number of hydrogen-bond donors (Lipinski definition) is 3. The summed E-state index contributed by atoms with van der Waals surface area (Å²) in [6.45, 7) is 14.2. The molecule has 0 bridgehead atoms. The standard InChI is InChI=1S/C78H152O17P2/c1-68(2)54-46-38-30-22-16-12-10-9-11-13-19-26-36-44-52-60-77(82)94-73(64-88-75(80)58-50-42-34-25-18-15-14-17-23-31-39-47-55-69(3)4)66-92-96(84,85)90-62-72(79)63-91-97(86,87)93-67-74(65-89-76(81)59-51-43-35-29-28-33-41-49-57-71(7)8)95-78(83)61-53-45-37-27-21-20-24-32-40-48-56-70(5)6/h68-74,79H,9-67H2,1-8H3,(H,84,85)(H,86,87)/t72?,73-,74-/m1/s1. The highest BCUT2D eigenvalue weighted by Crippen LogP contribution is 2.45. The molecule has 17 nitrogen and oxygen atoms in total. The molecule has 5 atom stereocenters. The molecule has 19 heteroatoms. The van der Waals surface area contributed by atoms with Crippen LogP contribution in [0.3, 0.4) is 0 Å². The minimum Gasteiger partial charge on any atom is -0.462 e. The first-order valence-electron chi connectivity index (χ1n) is 40.2. The summed E-state index contributed by atoms with van der Waals surface area (Å²) < 4.78 is 68.6. The van der Waals surface area contributed by atoms with Crippen molar-refractivity contribution in [3.05, 3.63) is 0 Å². The van der Waals surface area contributed by atoms with Crippen molar-refractivity contribution < 1.29 is 80.2 Å². The van der Waals surface area contributed by atoms with Crippen LogP contribution in [0.2, 0.25) is 0 Å². The van der Waals surface area contributed by atoms with Crippen LogP contribution >= 0.6 is 15.6 Å². The smallest absolute Gasteiger partial charge is 0.462 e. The maximum Gasteiger partial charge on any atom is 0.472 e. The summed E-state index contributed by atoms with van der Waals surface area (Å²) in [5.41, 5.74) is 0. The van der Waals surface area contributed by atoms with Gasteiger partial charge >= 0.3 is 39.5 Å². The van der Waals surface area contributed by atoms with Gasteiger partial charge in [0.25, 0.3) is 0 Å². The summed E-state index contributed by atoms with van der Waals surface area (Å²) in [6, 6.07) is 0. The maximum absolute atomic E-state index is 13.1. The molecule has 0 radical (unpaired) electrons. The van der Waals surface area contributed by atoms with Crippen molar-refractivity contribution in [1.82, 2.24) is 0 Å². The number of carbonyl (C=O) groups excluding carboxylic acids is 4. The number of aliphatic hydroxyl groups is 1. The molecule has 576 valence electrons. The third kappa shape index (κ3) is 72.2. The lowest BCUT2D eigenvalue weighted by molar-refractivity contribution is -0.161. The molecule has 3 N–H and O–H groups in total. The average Bonchev–Trinajstić information content (AvgIpc) is 1.33. The average molecular weight is 1420 g/mol. The first-order chi connectivity index (χ1) is 46.6. The molecule has 0 heterocycles. The highest BCUT2D eigenvalue weighted by molar-refractivity contribution is 7.47. The summed E-state index contributed by atoms with van der Waals surface area (Å²) in [6.07, 6.45) is 52.7. The molecule has 0 aromatic carbocycles. The van der Waals surface area contributed by atoms with Crippen LogP contribution < -0.4 is 0 Å². The summed E-state index contributed by atoms with van der Waals surface area (Å²) >= 11 is 0.